The van der Waals surface area contributed by atoms with E-state index in [1.165, 1.54) is 0 Å². The fourth-order valence-electron chi connectivity index (χ4n) is 1.13. The summed E-state index contributed by atoms with van der Waals surface area (Å²) in [7, 11) is 0. The molecule has 0 aliphatic carbocycles. The lowest BCUT2D eigenvalue weighted by Crippen LogP contribution is -2.06. The predicted octanol–water partition coefficient (Wildman–Crippen LogP) is 1.38. The first kappa shape index (κ1) is 10.7. The minimum atomic E-state index is 0.278. The number of amides is 1. The van der Waals surface area contributed by atoms with Crippen molar-refractivity contribution in [3.05, 3.63) is 5.82 Å². The molecule has 0 atom stereocenters. The van der Waals surface area contributed by atoms with Gasteiger partial charge in [0, 0.05) is 12.5 Å². The van der Waals surface area contributed by atoms with Crippen molar-refractivity contribution < 1.29 is 4.79 Å². The van der Waals surface area contributed by atoms with Gasteiger partial charge in [0.15, 0.2) is 5.82 Å². The molecule has 0 bridgehead atoms. The van der Waals surface area contributed by atoms with Crippen molar-refractivity contribution in [1.82, 2.24) is 14.8 Å². The number of anilines is 1. The zero-order valence-corrected chi connectivity index (χ0v) is 8.82. The highest BCUT2D eigenvalue weighted by atomic mass is 16.1. The summed E-state index contributed by atoms with van der Waals surface area (Å²) in [6.45, 7) is 6.88. The molecule has 78 valence electrons. The third kappa shape index (κ3) is 2.31. The number of nitrogens with one attached hydrogen (secondary N) is 1. The lowest BCUT2D eigenvalue weighted by molar-refractivity contribution is -0.105. The maximum absolute atomic E-state index is 10.3. The van der Waals surface area contributed by atoms with Gasteiger partial charge in [-0.15, -0.1) is 0 Å². The molecule has 5 heteroatoms. The third-order valence-electron chi connectivity index (χ3n) is 1.83. The van der Waals surface area contributed by atoms with Gasteiger partial charge in [-0.1, -0.05) is 20.8 Å². The fourth-order valence-corrected chi connectivity index (χ4v) is 1.13. The molecule has 1 N–H and O–H groups in total. The quantitative estimate of drug-likeness (QED) is 0.724. The molecular formula is C9H16N4O. The van der Waals surface area contributed by atoms with Crippen molar-refractivity contribution in [2.24, 2.45) is 0 Å². The lowest BCUT2D eigenvalue weighted by atomic mass is 10.2. The highest BCUT2D eigenvalue weighted by Gasteiger charge is 2.10. The maximum Gasteiger partial charge on any atom is 0.227 e. The Morgan fingerprint density at radius 3 is 2.79 bits per heavy atom. The van der Waals surface area contributed by atoms with E-state index < -0.39 is 0 Å². The zero-order chi connectivity index (χ0) is 10.6. The predicted molar refractivity (Wildman–Crippen MR) is 54.1 cm³/mol. The summed E-state index contributed by atoms with van der Waals surface area (Å²) in [5.41, 5.74) is 0. The van der Waals surface area contributed by atoms with E-state index in [2.05, 4.69) is 22.3 Å². The van der Waals surface area contributed by atoms with Crippen LogP contribution >= 0.6 is 0 Å². The van der Waals surface area contributed by atoms with Gasteiger partial charge < -0.3 is 0 Å². The molecule has 0 aliphatic heterocycles. The van der Waals surface area contributed by atoms with Gasteiger partial charge in [-0.3, -0.25) is 10.1 Å². The van der Waals surface area contributed by atoms with Crippen LogP contribution in [0.1, 0.15) is 38.9 Å². The van der Waals surface area contributed by atoms with Gasteiger partial charge in [0.1, 0.15) is 0 Å². The van der Waals surface area contributed by atoms with E-state index >= 15 is 0 Å². The maximum atomic E-state index is 10.3. The molecule has 0 fully saturated rings. The van der Waals surface area contributed by atoms with Gasteiger partial charge in [-0.05, 0) is 6.42 Å². The molecule has 0 saturated heterocycles. The van der Waals surface area contributed by atoms with Crippen molar-refractivity contribution >= 4 is 12.4 Å². The fraction of sp³-hybridized carbons (Fsp3) is 0.667. The van der Waals surface area contributed by atoms with Gasteiger partial charge in [0.2, 0.25) is 12.4 Å². The Kier molecular flexibility index (Phi) is 3.62. The molecule has 1 rings (SSSR count). The number of carbonyl (C=O) groups is 1. The molecule has 0 spiro atoms. The second kappa shape index (κ2) is 4.74. The normalized spacial score (nSPS) is 10.6. The van der Waals surface area contributed by atoms with Crippen LogP contribution in [0.25, 0.3) is 0 Å². The Labute approximate surface area is 83.5 Å². The minimum Gasteiger partial charge on any atom is -0.297 e. The van der Waals surface area contributed by atoms with Gasteiger partial charge in [-0.2, -0.15) is 10.1 Å². The van der Waals surface area contributed by atoms with Gasteiger partial charge >= 0.3 is 0 Å². The number of rotatable bonds is 5. The second-order valence-electron chi connectivity index (χ2n) is 3.43. The zero-order valence-electron chi connectivity index (χ0n) is 8.82. The first-order valence-corrected chi connectivity index (χ1v) is 4.84. The molecule has 0 aliphatic rings. The van der Waals surface area contributed by atoms with Crippen LogP contribution < -0.4 is 5.32 Å². The standard InChI is InChI=1S/C9H16N4O/c1-4-5-13-9(10-6-14)11-8(12-13)7(2)3/h6-7H,4-5H2,1-3H3,(H,10,11,12,14). The van der Waals surface area contributed by atoms with E-state index in [0.717, 1.165) is 18.8 Å². The van der Waals surface area contributed by atoms with Gasteiger partial charge in [0.05, 0.1) is 0 Å². The van der Waals surface area contributed by atoms with E-state index in [-0.39, 0.29) is 5.92 Å². The summed E-state index contributed by atoms with van der Waals surface area (Å²) in [5.74, 6) is 1.58. The van der Waals surface area contributed by atoms with Gasteiger partial charge in [-0.25, -0.2) is 4.68 Å². The van der Waals surface area contributed by atoms with Gasteiger partial charge in [0.25, 0.3) is 0 Å². The molecule has 14 heavy (non-hydrogen) atoms. The molecule has 0 saturated carbocycles. The molecule has 1 heterocycles. The van der Waals surface area contributed by atoms with E-state index in [1.54, 1.807) is 4.68 Å². The summed E-state index contributed by atoms with van der Waals surface area (Å²) in [6.07, 6.45) is 1.59. The van der Waals surface area contributed by atoms with Crippen molar-refractivity contribution in [3.8, 4) is 0 Å². The first-order valence-electron chi connectivity index (χ1n) is 4.84. The van der Waals surface area contributed by atoms with E-state index in [1.807, 2.05) is 13.8 Å². The monoisotopic (exact) mass is 196 g/mol. The number of aryl methyl sites for hydroxylation is 1. The van der Waals surface area contributed by atoms with Crippen LogP contribution in [0.3, 0.4) is 0 Å². The summed E-state index contributed by atoms with van der Waals surface area (Å²) in [4.78, 5) is 14.5. The Bertz CT molecular complexity index is 306. The van der Waals surface area contributed by atoms with Crippen LogP contribution in [0.4, 0.5) is 5.95 Å². The summed E-state index contributed by atoms with van der Waals surface area (Å²) >= 11 is 0. The Morgan fingerprint density at radius 1 is 1.57 bits per heavy atom. The largest absolute Gasteiger partial charge is 0.297 e. The first-order chi connectivity index (χ1) is 6.69. The van der Waals surface area contributed by atoms with Crippen molar-refractivity contribution in [1.29, 1.82) is 0 Å². The van der Waals surface area contributed by atoms with Crippen molar-refractivity contribution in [3.63, 3.8) is 0 Å². The Balaban J connectivity index is 2.92. The average Bonchev–Trinajstić information content (AvgIpc) is 2.50. The molecule has 5 nitrogen and oxygen atoms in total. The lowest BCUT2D eigenvalue weighted by Gasteiger charge is -2.00. The molecule has 0 unspecified atom stereocenters. The molecule has 1 aromatic heterocycles. The van der Waals surface area contributed by atoms with E-state index in [4.69, 9.17) is 0 Å². The van der Waals surface area contributed by atoms with Crippen LogP contribution in [-0.2, 0) is 11.3 Å². The molecule has 0 aromatic carbocycles. The molecule has 0 radical (unpaired) electrons. The van der Waals surface area contributed by atoms with E-state index in [0.29, 0.717) is 12.4 Å². The number of hydrogen-bond donors (Lipinski definition) is 1. The summed E-state index contributed by atoms with van der Waals surface area (Å²) < 4.78 is 1.73. The molecular weight excluding hydrogens is 180 g/mol. The minimum absolute atomic E-state index is 0.278. The van der Waals surface area contributed by atoms with Crippen molar-refractivity contribution in [2.75, 3.05) is 5.32 Å². The number of carbonyl (C=O) groups excluding carboxylic acids is 1. The Hall–Kier alpha value is -1.39. The number of aromatic nitrogens is 3. The smallest absolute Gasteiger partial charge is 0.227 e. The summed E-state index contributed by atoms with van der Waals surface area (Å²) in [6, 6.07) is 0. The number of hydrogen-bond acceptors (Lipinski definition) is 3. The van der Waals surface area contributed by atoms with Crippen LogP contribution in [0.5, 0.6) is 0 Å². The molecule has 1 amide bonds. The van der Waals surface area contributed by atoms with E-state index in [9.17, 15) is 4.79 Å². The average molecular weight is 196 g/mol. The van der Waals surface area contributed by atoms with Crippen molar-refractivity contribution in [2.45, 2.75) is 39.7 Å². The van der Waals surface area contributed by atoms with Crippen LogP contribution in [0, 0.1) is 0 Å². The van der Waals surface area contributed by atoms with Crippen LogP contribution in [-0.4, -0.2) is 21.2 Å². The topological polar surface area (TPSA) is 59.8 Å². The number of nitrogens with zero attached hydrogens (tertiary/aromatic N) is 3. The van der Waals surface area contributed by atoms with Crippen LogP contribution in [0.2, 0.25) is 0 Å². The second-order valence-corrected chi connectivity index (χ2v) is 3.43. The van der Waals surface area contributed by atoms with Crippen LogP contribution in [0.15, 0.2) is 0 Å². The highest BCUT2D eigenvalue weighted by Crippen LogP contribution is 2.13. The summed E-state index contributed by atoms with van der Waals surface area (Å²) in [5, 5.41) is 6.85. The Morgan fingerprint density at radius 2 is 2.29 bits per heavy atom. The highest BCUT2D eigenvalue weighted by molar-refractivity contribution is 5.66. The SMILES string of the molecule is CCCn1nc(C(C)C)nc1NC=O. The molecule has 1 aromatic rings. The third-order valence-corrected chi connectivity index (χ3v) is 1.83.